The van der Waals surface area contributed by atoms with Crippen LogP contribution in [0.25, 0.3) is 10.9 Å². The van der Waals surface area contributed by atoms with E-state index in [1.807, 2.05) is 12.1 Å². The molecule has 3 fully saturated rings. The molecule has 4 aliphatic heterocycles. The Hall–Kier alpha value is -1.78. The van der Waals surface area contributed by atoms with E-state index in [1.165, 1.54) is 16.8 Å². The highest BCUT2D eigenvalue weighted by atomic mass is 16.3. The number of aliphatic hydroxyl groups excluding tert-OH is 1. The Bertz CT molecular complexity index is 822. The molecule has 6 rings (SSSR count). The fourth-order valence-corrected chi connectivity index (χ4v) is 5.35. The number of aromatic hydroxyl groups is 1. The molecule has 120 valence electrons. The number of aliphatic hydroxyl groups is 1. The maximum Gasteiger partial charge on any atom is 0.116 e. The van der Waals surface area contributed by atoms with Gasteiger partial charge in [-0.2, -0.15) is 0 Å². The summed E-state index contributed by atoms with van der Waals surface area (Å²) in [5.41, 5.74) is 5.29. The van der Waals surface area contributed by atoms with Crippen LogP contribution in [-0.4, -0.2) is 39.3 Å². The predicted molar refractivity (Wildman–Crippen MR) is 89.3 cm³/mol. The van der Waals surface area contributed by atoms with Gasteiger partial charge in [0.1, 0.15) is 5.75 Å². The van der Waals surface area contributed by atoms with Crippen molar-refractivity contribution in [2.75, 3.05) is 13.2 Å². The third-order valence-electron chi connectivity index (χ3n) is 6.41. The van der Waals surface area contributed by atoms with Crippen molar-refractivity contribution in [1.29, 1.82) is 0 Å². The van der Waals surface area contributed by atoms with Crippen LogP contribution in [0.5, 0.6) is 5.75 Å². The Morgan fingerprint density at radius 1 is 1.39 bits per heavy atom. The van der Waals surface area contributed by atoms with Crippen molar-refractivity contribution >= 4 is 10.9 Å². The topological polar surface area (TPSA) is 59.5 Å². The number of fused-ring (bicyclic) bond motifs is 4. The second kappa shape index (κ2) is 4.62. The normalized spacial score (nSPS) is 36.6. The largest absolute Gasteiger partial charge is 0.508 e. The third kappa shape index (κ3) is 1.68. The number of nitrogens with zero attached hydrogens (tertiary/aromatic N) is 1. The van der Waals surface area contributed by atoms with Crippen molar-refractivity contribution in [3.05, 3.63) is 41.1 Å². The number of hydrogen-bond donors (Lipinski definition) is 3. The quantitative estimate of drug-likeness (QED) is 0.710. The van der Waals surface area contributed by atoms with Crippen LogP contribution < -0.4 is 0 Å². The molecule has 5 heterocycles. The highest BCUT2D eigenvalue weighted by Crippen LogP contribution is 2.54. The standard InChI is InChI=1S/C19H22N2O2/c1-2-10-8-21-17-7-14-13-5-11(23)3-4-16(13)20-19(14)18(21)6-12(10)15(17)9-22/h2-5,12,15,17-18,20,22-23H,6-9H2,1H3/b10-2-/t12-,15+,17+,18-/m0/s1. The van der Waals surface area contributed by atoms with Crippen molar-refractivity contribution in [3.8, 4) is 5.75 Å². The van der Waals surface area contributed by atoms with Gasteiger partial charge in [-0.05, 0) is 49.4 Å². The maximum absolute atomic E-state index is 9.99. The first-order valence-electron chi connectivity index (χ1n) is 8.56. The van der Waals surface area contributed by atoms with Gasteiger partial charge in [-0.25, -0.2) is 0 Å². The van der Waals surface area contributed by atoms with Gasteiger partial charge in [0.25, 0.3) is 0 Å². The Balaban J connectivity index is 1.68. The minimum Gasteiger partial charge on any atom is -0.508 e. The van der Waals surface area contributed by atoms with Crippen LogP contribution >= 0.6 is 0 Å². The van der Waals surface area contributed by atoms with Crippen LogP contribution in [0.1, 0.15) is 30.6 Å². The lowest BCUT2D eigenvalue weighted by molar-refractivity contribution is -0.0503. The molecule has 1 unspecified atom stereocenters. The van der Waals surface area contributed by atoms with Gasteiger partial charge in [0.15, 0.2) is 0 Å². The fraction of sp³-hybridized carbons (Fsp3) is 0.474. The van der Waals surface area contributed by atoms with Gasteiger partial charge in [-0.15, -0.1) is 0 Å². The van der Waals surface area contributed by atoms with Gasteiger partial charge in [-0.1, -0.05) is 11.6 Å². The molecule has 3 N–H and O–H groups in total. The summed E-state index contributed by atoms with van der Waals surface area (Å²) in [4.78, 5) is 6.21. The van der Waals surface area contributed by atoms with Crippen LogP contribution in [0.15, 0.2) is 29.8 Å². The summed E-state index contributed by atoms with van der Waals surface area (Å²) < 4.78 is 0. The molecule has 23 heavy (non-hydrogen) atoms. The minimum absolute atomic E-state index is 0.263. The Morgan fingerprint density at radius 3 is 3.04 bits per heavy atom. The second-order valence-corrected chi connectivity index (χ2v) is 7.26. The third-order valence-corrected chi connectivity index (χ3v) is 6.41. The van der Waals surface area contributed by atoms with Gasteiger partial charge >= 0.3 is 0 Å². The molecule has 2 aromatic rings. The maximum atomic E-state index is 9.99. The van der Waals surface area contributed by atoms with Crippen LogP contribution in [0.4, 0.5) is 0 Å². The highest BCUT2D eigenvalue weighted by molar-refractivity contribution is 5.86. The van der Waals surface area contributed by atoms with Crippen molar-refractivity contribution in [1.82, 2.24) is 9.88 Å². The summed E-state index contributed by atoms with van der Waals surface area (Å²) in [5, 5.41) is 21.0. The number of H-pyrrole nitrogens is 1. The number of rotatable bonds is 1. The van der Waals surface area contributed by atoms with Gasteiger partial charge in [0, 0.05) is 41.7 Å². The van der Waals surface area contributed by atoms with E-state index in [4.69, 9.17) is 0 Å². The number of aromatic nitrogens is 1. The zero-order valence-corrected chi connectivity index (χ0v) is 13.3. The monoisotopic (exact) mass is 310 g/mol. The Morgan fingerprint density at radius 2 is 2.26 bits per heavy atom. The summed E-state index contributed by atoms with van der Waals surface area (Å²) in [7, 11) is 0. The van der Waals surface area contributed by atoms with E-state index < -0.39 is 0 Å². The number of benzene rings is 1. The molecule has 0 saturated carbocycles. The summed E-state index contributed by atoms with van der Waals surface area (Å²) in [5.74, 6) is 1.17. The van der Waals surface area contributed by atoms with Crippen molar-refractivity contribution < 1.29 is 10.2 Å². The van der Waals surface area contributed by atoms with E-state index in [2.05, 4.69) is 22.9 Å². The molecule has 0 aliphatic carbocycles. The average Bonchev–Trinajstić information content (AvgIpc) is 2.92. The van der Waals surface area contributed by atoms with Crippen molar-refractivity contribution in [3.63, 3.8) is 0 Å². The Labute approximate surface area is 135 Å². The number of piperidine rings is 3. The number of nitrogens with one attached hydrogen (secondary N) is 1. The summed E-state index contributed by atoms with van der Waals surface area (Å²) in [6.45, 7) is 3.42. The number of aromatic amines is 1. The van der Waals surface area contributed by atoms with E-state index >= 15 is 0 Å². The number of allylic oxidation sites excluding steroid dienone is 1. The molecule has 0 spiro atoms. The molecule has 4 nitrogen and oxygen atoms in total. The molecular formula is C19H22N2O2. The average molecular weight is 310 g/mol. The van der Waals surface area contributed by atoms with E-state index in [-0.39, 0.29) is 6.61 Å². The van der Waals surface area contributed by atoms with Gasteiger partial charge in [0.2, 0.25) is 0 Å². The fourth-order valence-electron chi connectivity index (χ4n) is 5.35. The van der Waals surface area contributed by atoms with Crippen molar-refractivity contribution in [2.45, 2.75) is 31.8 Å². The van der Waals surface area contributed by atoms with Crippen LogP contribution in [-0.2, 0) is 6.42 Å². The first kappa shape index (κ1) is 13.6. The first-order valence-corrected chi connectivity index (χ1v) is 8.56. The number of phenolic OH excluding ortho intramolecular Hbond substituents is 1. The van der Waals surface area contributed by atoms with Crippen LogP contribution in [0.3, 0.4) is 0 Å². The Kier molecular flexibility index (Phi) is 2.74. The zero-order valence-electron chi connectivity index (χ0n) is 13.3. The van der Waals surface area contributed by atoms with E-state index in [0.717, 1.165) is 30.3 Å². The predicted octanol–water partition coefficient (Wildman–Crippen LogP) is 2.73. The minimum atomic E-state index is 0.263. The second-order valence-electron chi connectivity index (χ2n) is 7.26. The summed E-state index contributed by atoms with van der Waals surface area (Å²) in [6.07, 6.45) is 4.31. The molecule has 0 radical (unpaired) electrons. The highest BCUT2D eigenvalue weighted by Gasteiger charge is 2.52. The number of phenols is 1. The smallest absolute Gasteiger partial charge is 0.116 e. The van der Waals surface area contributed by atoms with Gasteiger partial charge in [-0.3, -0.25) is 4.90 Å². The van der Waals surface area contributed by atoms with Crippen molar-refractivity contribution in [2.24, 2.45) is 11.8 Å². The van der Waals surface area contributed by atoms with Gasteiger partial charge < -0.3 is 15.2 Å². The molecule has 4 bridgehead atoms. The summed E-state index contributed by atoms with van der Waals surface area (Å²) in [6, 6.07) is 6.44. The van der Waals surface area contributed by atoms with E-state index in [9.17, 15) is 10.2 Å². The molecular weight excluding hydrogens is 288 g/mol. The van der Waals surface area contributed by atoms with E-state index in [1.54, 1.807) is 6.07 Å². The van der Waals surface area contributed by atoms with E-state index in [0.29, 0.717) is 29.7 Å². The first-order chi connectivity index (χ1) is 11.2. The molecule has 1 aromatic heterocycles. The molecule has 4 aliphatic rings. The number of hydrogen-bond acceptors (Lipinski definition) is 3. The molecule has 0 amide bonds. The van der Waals surface area contributed by atoms with Crippen LogP contribution in [0.2, 0.25) is 0 Å². The molecule has 3 saturated heterocycles. The lowest BCUT2D eigenvalue weighted by Crippen LogP contribution is -2.60. The van der Waals surface area contributed by atoms with Crippen LogP contribution in [0, 0.1) is 11.8 Å². The zero-order chi connectivity index (χ0) is 15.7. The summed E-state index contributed by atoms with van der Waals surface area (Å²) >= 11 is 0. The SMILES string of the molecule is C/C=C1/CN2[C@@H]3Cc4c([nH]c5ccc(O)cc45)[C@@H]2C[C@@H]1[C@H]3CO. The molecule has 5 atom stereocenters. The lowest BCUT2D eigenvalue weighted by Gasteiger charge is -2.58. The van der Waals surface area contributed by atoms with Gasteiger partial charge in [0.05, 0.1) is 6.04 Å². The molecule has 1 aromatic carbocycles. The molecule has 4 heteroatoms. The lowest BCUT2D eigenvalue weighted by atomic mass is 9.64.